The van der Waals surface area contributed by atoms with Gasteiger partial charge in [0.2, 0.25) is 5.91 Å². The van der Waals surface area contributed by atoms with Gasteiger partial charge in [-0.15, -0.1) is 0 Å². The lowest BCUT2D eigenvalue weighted by Crippen LogP contribution is -2.61. The first-order chi connectivity index (χ1) is 9.97. The molecule has 1 aliphatic heterocycles. The van der Waals surface area contributed by atoms with E-state index in [-0.39, 0.29) is 11.9 Å². The Kier molecular flexibility index (Phi) is 5.25. The molecule has 2 rings (SSSR count). The van der Waals surface area contributed by atoms with E-state index < -0.39 is 11.5 Å². The lowest BCUT2D eigenvalue weighted by atomic mass is 9.75. The quantitative estimate of drug-likeness (QED) is 0.740. The van der Waals surface area contributed by atoms with E-state index in [2.05, 4.69) is 24.5 Å². The highest BCUT2D eigenvalue weighted by atomic mass is 16.4. The number of carboxylic acid groups (broad SMARTS) is 1. The average molecular weight is 296 g/mol. The van der Waals surface area contributed by atoms with Crippen LogP contribution in [0.15, 0.2) is 0 Å². The van der Waals surface area contributed by atoms with Crippen LogP contribution < -0.4 is 10.6 Å². The van der Waals surface area contributed by atoms with Crippen LogP contribution in [0, 0.1) is 11.8 Å². The third-order valence-electron chi connectivity index (χ3n) is 5.29. The van der Waals surface area contributed by atoms with Crippen LogP contribution in [-0.4, -0.2) is 35.1 Å². The Hall–Kier alpha value is -1.10. The van der Waals surface area contributed by atoms with Gasteiger partial charge in [-0.05, 0) is 56.9 Å². The van der Waals surface area contributed by atoms with E-state index in [1.54, 1.807) is 0 Å². The fraction of sp³-hybridized carbons (Fsp3) is 0.875. The number of amides is 1. The Morgan fingerprint density at radius 3 is 2.48 bits per heavy atom. The maximum Gasteiger partial charge on any atom is 0.329 e. The molecule has 0 bridgehead atoms. The first kappa shape index (κ1) is 16.3. The van der Waals surface area contributed by atoms with Crippen molar-refractivity contribution < 1.29 is 14.7 Å². The van der Waals surface area contributed by atoms with Gasteiger partial charge in [0.15, 0.2) is 0 Å². The standard InChI is InChI=1S/C16H28N2O3/c1-3-12-4-7-16(8-5-12,15(20)21)18-14(19)13-10-11(2)6-9-17-13/h11-13,17H,3-10H2,1-2H3,(H,18,19)(H,20,21). The molecule has 5 heteroatoms. The molecule has 0 aromatic carbocycles. The summed E-state index contributed by atoms with van der Waals surface area (Å²) in [7, 11) is 0. The van der Waals surface area contributed by atoms with Crippen molar-refractivity contribution in [2.24, 2.45) is 11.8 Å². The van der Waals surface area contributed by atoms with Gasteiger partial charge in [0, 0.05) is 0 Å². The minimum absolute atomic E-state index is 0.140. The summed E-state index contributed by atoms with van der Waals surface area (Å²) in [6.45, 7) is 5.11. The summed E-state index contributed by atoms with van der Waals surface area (Å²) in [5.74, 6) is 0.0916. The zero-order chi connectivity index (χ0) is 15.5. The van der Waals surface area contributed by atoms with Gasteiger partial charge in [-0.25, -0.2) is 4.79 Å². The van der Waals surface area contributed by atoms with Gasteiger partial charge in [0.25, 0.3) is 0 Å². The van der Waals surface area contributed by atoms with E-state index in [9.17, 15) is 14.7 Å². The lowest BCUT2D eigenvalue weighted by Gasteiger charge is -2.39. The second kappa shape index (κ2) is 6.77. The summed E-state index contributed by atoms with van der Waals surface area (Å²) in [5.41, 5.74) is -1.05. The average Bonchev–Trinajstić information content (AvgIpc) is 2.47. The summed E-state index contributed by atoms with van der Waals surface area (Å²) in [4.78, 5) is 24.2. The van der Waals surface area contributed by atoms with Crippen LogP contribution in [0.4, 0.5) is 0 Å². The Morgan fingerprint density at radius 1 is 1.29 bits per heavy atom. The van der Waals surface area contributed by atoms with Gasteiger partial charge in [-0.1, -0.05) is 20.3 Å². The van der Waals surface area contributed by atoms with Gasteiger partial charge < -0.3 is 15.7 Å². The second-order valence-corrected chi connectivity index (χ2v) is 6.86. The molecule has 0 aromatic rings. The third kappa shape index (κ3) is 3.76. The Bertz CT molecular complexity index is 389. The third-order valence-corrected chi connectivity index (χ3v) is 5.29. The molecule has 3 N–H and O–H groups in total. The predicted octanol–water partition coefficient (Wildman–Crippen LogP) is 1.91. The normalized spacial score (nSPS) is 37.0. The van der Waals surface area contributed by atoms with E-state index in [4.69, 9.17) is 0 Å². The highest BCUT2D eigenvalue weighted by molar-refractivity contribution is 5.89. The number of aliphatic carboxylic acids is 1. The zero-order valence-corrected chi connectivity index (χ0v) is 13.2. The summed E-state index contributed by atoms with van der Waals surface area (Å²) in [5, 5.41) is 15.7. The van der Waals surface area contributed by atoms with Crippen LogP contribution in [-0.2, 0) is 9.59 Å². The number of carbonyl (C=O) groups excluding carboxylic acids is 1. The molecule has 2 aliphatic rings. The molecule has 1 saturated heterocycles. The smallest absolute Gasteiger partial charge is 0.329 e. The Labute approximate surface area is 126 Å². The largest absolute Gasteiger partial charge is 0.480 e. The molecule has 1 heterocycles. The summed E-state index contributed by atoms with van der Waals surface area (Å²) in [6.07, 6.45) is 5.83. The molecule has 1 aliphatic carbocycles. The second-order valence-electron chi connectivity index (χ2n) is 6.86. The maximum absolute atomic E-state index is 12.4. The molecule has 1 amide bonds. The van der Waals surface area contributed by atoms with Crippen molar-refractivity contribution >= 4 is 11.9 Å². The topological polar surface area (TPSA) is 78.4 Å². The Morgan fingerprint density at radius 2 is 1.95 bits per heavy atom. The van der Waals surface area contributed by atoms with E-state index in [1.807, 2.05) is 0 Å². The molecule has 0 aromatic heterocycles. The van der Waals surface area contributed by atoms with Gasteiger partial charge in [0.1, 0.15) is 5.54 Å². The molecule has 5 nitrogen and oxygen atoms in total. The minimum atomic E-state index is -1.05. The number of carbonyl (C=O) groups is 2. The predicted molar refractivity (Wildman–Crippen MR) is 80.9 cm³/mol. The molecular weight excluding hydrogens is 268 g/mol. The van der Waals surface area contributed by atoms with Crippen LogP contribution in [0.5, 0.6) is 0 Å². The zero-order valence-electron chi connectivity index (χ0n) is 13.2. The highest BCUT2D eigenvalue weighted by Gasteiger charge is 2.44. The molecule has 120 valence electrons. The molecule has 2 fully saturated rings. The number of piperidine rings is 1. The molecule has 0 radical (unpaired) electrons. The van der Waals surface area contributed by atoms with Gasteiger partial charge >= 0.3 is 5.97 Å². The van der Waals surface area contributed by atoms with Crippen LogP contribution >= 0.6 is 0 Å². The van der Waals surface area contributed by atoms with Crippen molar-refractivity contribution in [3.05, 3.63) is 0 Å². The molecule has 2 unspecified atom stereocenters. The van der Waals surface area contributed by atoms with Gasteiger partial charge in [-0.2, -0.15) is 0 Å². The molecule has 2 atom stereocenters. The van der Waals surface area contributed by atoms with Crippen LogP contribution in [0.1, 0.15) is 58.8 Å². The Balaban J connectivity index is 1.99. The van der Waals surface area contributed by atoms with E-state index in [0.717, 1.165) is 38.6 Å². The molecule has 0 spiro atoms. The first-order valence-electron chi connectivity index (χ1n) is 8.25. The van der Waals surface area contributed by atoms with E-state index in [1.165, 1.54) is 0 Å². The summed E-state index contributed by atoms with van der Waals surface area (Å²) in [6, 6.07) is -0.242. The monoisotopic (exact) mass is 296 g/mol. The summed E-state index contributed by atoms with van der Waals surface area (Å²) >= 11 is 0. The van der Waals surface area contributed by atoms with Crippen LogP contribution in [0.3, 0.4) is 0 Å². The van der Waals surface area contributed by atoms with Crippen LogP contribution in [0.25, 0.3) is 0 Å². The van der Waals surface area contributed by atoms with E-state index >= 15 is 0 Å². The first-order valence-corrected chi connectivity index (χ1v) is 8.25. The van der Waals surface area contributed by atoms with Gasteiger partial charge in [0.05, 0.1) is 6.04 Å². The lowest BCUT2D eigenvalue weighted by molar-refractivity contribution is -0.150. The fourth-order valence-corrected chi connectivity index (χ4v) is 3.60. The fourth-order valence-electron chi connectivity index (χ4n) is 3.60. The van der Waals surface area contributed by atoms with Crippen molar-refractivity contribution in [1.82, 2.24) is 10.6 Å². The number of hydrogen-bond donors (Lipinski definition) is 3. The SMILES string of the molecule is CCC1CCC(NC(=O)C2CC(C)CCN2)(C(=O)O)CC1. The number of carboxylic acids is 1. The van der Waals surface area contributed by atoms with Gasteiger partial charge in [-0.3, -0.25) is 4.79 Å². The molecular formula is C16H28N2O3. The highest BCUT2D eigenvalue weighted by Crippen LogP contribution is 2.34. The van der Waals surface area contributed by atoms with Crippen molar-refractivity contribution in [3.63, 3.8) is 0 Å². The maximum atomic E-state index is 12.4. The number of nitrogens with one attached hydrogen (secondary N) is 2. The van der Waals surface area contributed by atoms with Crippen molar-refractivity contribution in [2.45, 2.75) is 70.4 Å². The number of hydrogen-bond acceptors (Lipinski definition) is 3. The number of rotatable bonds is 4. The molecule has 21 heavy (non-hydrogen) atoms. The van der Waals surface area contributed by atoms with Crippen molar-refractivity contribution in [3.8, 4) is 0 Å². The molecule has 1 saturated carbocycles. The van der Waals surface area contributed by atoms with E-state index in [0.29, 0.717) is 24.7 Å². The van der Waals surface area contributed by atoms with Crippen molar-refractivity contribution in [2.75, 3.05) is 6.54 Å². The minimum Gasteiger partial charge on any atom is -0.480 e. The van der Waals surface area contributed by atoms with Crippen molar-refractivity contribution in [1.29, 1.82) is 0 Å². The van der Waals surface area contributed by atoms with Crippen LogP contribution in [0.2, 0.25) is 0 Å². The summed E-state index contributed by atoms with van der Waals surface area (Å²) < 4.78 is 0.